The lowest BCUT2D eigenvalue weighted by Crippen LogP contribution is -1.99. The first-order valence-electron chi connectivity index (χ1n) is 4.16. The smallest absolute Gasteiger partial charge is 0.308 e. The number of aliphatic carboxylic acids is 1. The van der Waals surface area contributed by atoms with Gasteiger partial charge in [-0.05, 0) is 6.92 Å². The van der Waals surface area contributed by atoms with Crippen molar-refractivity contribution in [3.63, 3.8) is 0 Å². The van der Waals surface area contributed by atoms with E-state index < -0.39 is 5.97 Å². The Balaban J connectivity index is 2.71. The number of aryl methyl sites for hydroxylation is 1. The van der Waals surface area contributed by atoms with Crippen molar-refractivity contribution in [1.29, 1.82) is 0 Å². The summed E-state index contributed by atoms with van der Waals surface area (Å²) in [6, 6.07) is 0. The van der Waals surface area contributed by atoms with Crippen LogP contribution in [0.5, 0.6) is 0 Å². The molecule has 1 aromatic rings. The number of anilines is 1. The Labute approximate surface area is 86.3 Å². The van der Waals surface area contributed by atoms with Crippen molar-refractivity contribution in [2.75, 3.05) is 11.9 Å². The van der Waals surface area contributed by atoms with Gasteiger partial charge in [-0.3, -0.25) is 4.79 Å². The molecule has 0 aromatic carbocycles. The molecule has 1 rings (SSSR count). The molecule has 76 valence electrons. The Bertz CT molecular complexity index is 347. The van der Waals surface area contributed by atoms with Gasteiger partial charge in [0.15, 0.2) is 5.13 Å². The first kappa shape index (κ1) is 10.7. The molecule has 0 radical (unpaired) electrons. The second kappa shape index (κ2) is 4.76. The van der Waals surface area contributed by atoms with Crippen LogP contribution in [0.3, 0.4) is 0 Å². The third kappa shape index (κ3) is 2.85. The van der Waals surface area contributed by atoms with E-state index >= 15 is 0 Å². The molecule has 14 heavy (non-hydrogen) atoms. The first-order chi connectivity index (χ1) is 6.63. The van der Waals surface area contributed by atoms with E-state index in [2.05, 4.69) is 16.9 Å². The number of nitrogens with zero attached hydrogens (tertiary/aromatic N) is 1. The lowest BCUT2D eigenvalue weighted by molar-refractivity contribution is -0.136. The van der Waals surface area contributed by atoms with Gasteiger partial charge in [0, 0.05) is 11.4 Å². The van der Waals surface area contributed by atoms with Crippen molar-refractivity contribution in [3.8, 4) is 0 Å². The largest absolute Gasteiger partial charge is 0.481 e. The number of rotatable bonds is 5. The summed E-state index contributed by atoms with van der Waals surface area (Å²) in [5, 5.41) is 12.4. The van der Waals surface area contributed by atoms with E-state index in [1.807, 2.05) is 6.92 Å². The van der Waals surface area contributed by atoms with E-state index in [1.54, 1.807) is 6.08 Å². The van der Waals surface area contributed by atoms with Crippen LogP contribution < -0.4 is 5.32 Å². The Morgan fingerprint density at radius 2 is 2.50 bits per heavy atom. The van der Waals surface area contributed by atoms with Crippen LogP contribution in [0, 0.1) is 6.92 Å². The van der Waals surface area contributed by atoms with Crippen molar-refractivity contribution in [1.82, 2.24) is 4.98 Å². The standard InChI is InChI=1S/C9H12N2O2S/c1-3-4-10-9-11-6(2)7(14-9)5-8(12)13/h3H,1,4-5H2,2H3,(H,10,11)(H,12,13). The van der Waals surface area contributed by atoms with E-state index in [1.165, 1.54) is 11.3 Å². The molecule has 0 amide bonds. The highest BCUT2D eigenvalue weighted by molar-refractivity contribution is 7.15. The average Bonchev–Trinajstić information content (AvgIpc) is 2.43. The number of hydrogen-bond acceptors (Lipinski definition) is 4. The highest BCUT2D eigenvalue weighted by Crippen LogP contribution is 2.22. The molecule has 1 heterocycles. The van der Waals surface area contributed by atoms with Gasteiger partial charge < -0.3 is 10.4 Å². The number of thiazole rings is 1. The van der Waals surface area contributed by atoms with Crippen molar-refractivity contribution in [2.24, 2.45) is 0 Å². The summed E-state index contributed by atoms with van der Waals surface area (Å²) in [7, 11) is 0. The molecule has 0 bridgehead atoms. The molecule has 0 saturated carbocycles. The lowest BCUT2D eigenvalue weighted by atomic mass is 10.3. The number of carboxylic acid groups (broad SMARTS) is 1. The maximum atomic E-state index is 10.5. The maximum Gasteiger partial charge on any atom is 0.308 e. The SMILES string of the molecule is C=CCNc1nc(C)c(CC(=O)O)s1. The molecule has 0 saturated heterocycles. The molecule has 0 aliphatic heterocycles. The van der Waals surface area contributed by atoms with Gasteiger partial charge >= 0.3 is 5.97 Å². The Morgan fingerprint density at radius 1 is 1.79 bits per heavy atom. The highest BCUT2D eigenvalue weighted by atomic mass is 32.1. The van der Waals surface area contributed by atoms with Crippen molar-refractivity contribution >= 4 is 22.4 Å². The Kier molecular flexibility index (Phi) is 3.64. The quantitative estimate of drug-likeness (QED) is 0.729. The fourth-order valence-electron chi connectivity index (χ4n) is 0.964. The predicted molar refractivity (Wildman–Crippen MR) is 56.9 cm³/mol. The van der Waals surface area contributed by atoms with Crippen LogP contribution >= 0.6 is 11.3 Å². The zero-order valence-electron chi connectivity index (χ0n) is 7.91. The second-order valence-corrected chi connectivity index (χ2v) is 3.85. The summed E-state index contributed by atoms with van der Waals surface area (Å²) in [6.07, 6.45) is 1.77. The molecular weight excluding hydrogens is 200 g/mol. The summed E-state index contributed by atoms with van der Waals surface area (Å²) in [5.41, 5.74) is 0.781. The number of carbonyl (C=O) groups is 1. The molecule has 0 spiro atoms. The van der Waals surface area contributed by atoms with Gasteiger partial charge in [-0.1, -0.05) is 6.08 Å². The van der Waals surface area contributed by atoms with E-state index in [0.717, 1.165) is 15.7 Å². The average molecular weight is 212 g/mol. The van der Waals surface area contributed by atoms with Gasteiger partial charge in [-0.2, -0.15) is 0 Å². The number of carboxylic acids is 1. The normalized spacial score (nSPS) is 9.79. The number of aromatic nitrogens is 1. The molecule has 0 aliphatic carbocycles. The minimum atomic E-state index is -0.827. The Hall–Kier alpha value is -1.36. The van der Waals surface area contributed by atoms with Crippen molar-refractivity contribution in [3.05, 3.63) is 23.2 Å². The third-order valence-electron chi connectivity index (χ3n) is 1.60. The van der Waals surface area contributed by atoms with Crippen LogP contribution in [0.2, 0.25) is 0 Å². The van der Waals surface area contributed by atoms with Gasteiger partial charge in [0.25, 0.3) is 0 Å². The van der Waals surface area contributed by atoms with Crippen molar-refractivity contribution in [2.45, 2.75) is 13.3 Å². The predicted octanol–water partition coefficient (Wildman–Crippen LogP) is 1.68. The van der Waals surface area contributed by atoms with Crippen molar-refractivity contribution < 1.29 is 9.90 Å². The minimum Gasteiger partial charge on any atom is -0.481 e. The Morgan fingerprint density at radius 3 is 3.07 bits per heavy atom. The van der Waals surface area contributed by atoms with Crippen LogP contribution in [-0.2, 0) is 11.2 Å². The molecule has 1 aromatic heterocycles. The van der Waals surface area contributed by atoms with E-state index in [4.69, 9.17) is 5.11 Å². The van der Waals surface area contributed by atoms with Gasteiger partial charge in [-0.25, -0.2) is 4.98 Å². The first-order valence-corrected chi connectivity index (χ1v) is 4.98. The highest BCUT2D eigenvalue weighted by Gasteiger charge is 2.09. The minimum absolute atomic E-state index is 0.0409. The van der Waals surface area contributed by atoms with Gasteiger partial charge in [0.1, 0.15) is 0 Å². The molecule has 0 unspecified atom stereocenters. The molecule has 5 heteroatoms. The fourth-order valence-corrected chi connectivity index (χ4v) is 1.92. The van der Waals surface area contributed by atoms with Crippen LogP contribution in [0.1, 0.15) is 10.6 Å². The molecule has 0 fully saturated rings. The molecule has 2 N–H and O–H groups in total. The summed E-state index contributed by atoms with van der Waals surface area (Å²) < 4.78 is 0. The monoisotopic (exact) mass is 212 g/mol. The van der Waals surface area contributed by atoms with Crippen LogP contribution in [0.25, 0.3) is 0 Å². The van der Waals surface area contributed by atoms with Crippen LogP contribution in [-0.4, -0.2) is 22.6 Å². The third-order valence-corrected chi connectivity index (χ3v) is 2.72. The van der Waals surface area contributed by atoms with Gasteiger partial charge in [-0.15, -0.1) is 17.9 Å². The fraction of sp³-hybridized carbons (Fsp3) is 0.333. The zero-order valence-corrected chi connectivity index (χ0v) is 8.73. The molecule has 4 nitrogen and oxygen atoms in total. The maximum absolute atomic E-state index is 10.5. The summed E-state index contributed by atoms with van der Waals surface area (Å²) >= 11 is 1.38. The van der Waals surface area contributed by atoms with Crippen LogP contribution in [0.15, 0.2) is 12.7 Å². The summed E-state index contributed by atoms with van der Waals surface area (Å²) in [4.78, 5) is 15.5. The number of hydrogen-bond donors (Lipinski definition) is 2. The number of nitrogens with one attached hydrogen (secondary N) is 1. The van der Waals surface area contributed by atoms with E-state index in [0.29, 0.717) is 6.54 Å². The lowest BCUT2D eigenvalue weighted by Gasteiger charge is -1.94. The van der Waals surface area contributed by atoms with Gasteiger partial charge in [0.2, 0.25) is 0 Å². The molecule has 0 aliphatic rings. The second-order valence-electron chi connectivity index (χ2n) is 2.77. The summed E-state index contributed by atoms with van der Waals surface area (Å²) in [6.45, 7) is 6.03. The topological polar surface area (TPSA) is 62.2 Å². The zero-order chi connectivity index (χ0) is 10.6. The van der Waals surface area contributed by atoms with Gasteiger partial charge in [0.05, 0.1) is 12.1 Å². The van der Waals surface area contributed by atoms with E-state index in [-0.39, 0.29) is 6.42 Å². The summed E-state index contributed by atoms with van der Waals surface area (Å²) in [5.74, 6) is -0.827. The van der Waals surface area contributed by atoms with Crippen LogP contribution in [0.4, 0.5) is 5.13 Å². The molecular formula is C9H12N2O2S. The molecule has 0 atom stereocenters. The van der Waals surface area contributed by atoms with E-state index in [9.17, 15) is 4.79 Å².